The summed E-state index contributed by atoms with van der Waals surface area (Å²) in [4.78, 5) is 85.6. The Kier molecular flexibility index (Phi) is 17.0. The molecule has 0 saturated carbocycles. The Morgan fingerprint density at radius 3 is 0.653 bits per heavy atom. The normalized spacial score (nSPS) is 14.3. The monoisotopic (exact) mass is 994 g/mol. The molecule has 396 valence electrons. The van der Waals surface area contributed by atoms with Gasteiger partial charge in [0.15, 0.2) is 0 Å². The highest BCUT2D eigenvalue weighted by Crippen LogP contribution is 2.44. The predicted molar refractivity (Wildman–Crippen MR) is 290 cm³/mol. The Balaban J connectivity index is 1.80. The zero-order valence-corrected chi connectivity index (χ0v) is 47.6. The number of ketones is 3. The average molecular weight is 994 g/mol. The van der Waals surface area contributed by atoms with Gasteiger partial charge in [-0.3, -0.25) is 14.4 Å². The summed E-state index contributed by atoms with van der Waals surface area (Å²) in [6.07, 6.45) is -0.758. The third-order valence-corrected chi connectivity index (χ3v) is 14.3. The maximum absolute atomic E-state index is 14.4. The summed E-state index contributed by atoms with van der Waals surface area (Å²) in [5, 5.41) is 34.1. The highest BCUT2D eigenvalue weighted by atomic mass is 16.3. The first-order chi connectivity index (χ1) is 32.5. The van der Waals surface area contributed by atoms with Crippen LogP contribution in [-0.4, -0.2) is 46.4 Å². The number of phenolic OH excluding ortho intramolecular Hbond substituents is 3. The van der Waals surface area contributed by atoms with Gasteiger partial charge in [-0.25, -0.2) is 28.1 Å². The second kappa shape index (κ2) is 20.8. The van der Waals surface area contributed by atoms with E-state index in [1.165, 1.54) is 0 Å². The van der Waals surface area contributed by atoms with Gasteiger partial charge in [-0.1, -0.05) is 182 Å². The smallest absolute Gasteiger partial charge is 0.336 e. The summed E-state index contributed by atoms with van der Waals surface area (Å²) >= 11 is 0. The number of hydrogen-bond donors (Lipinski definition) is 3. The summed E-state index contributed by atoms with van der Waals surface area (Å²) in [7, 11) is 0. The molecular weight excluding hydrogens is 907 g/mol. The Morgan fingerprint density at radius 1 is 0.361 bits per heavy atom. The lowest BCUT2D eigenvalue weighted by Gasteiger charge is -2.29. The van der Waals surface area contributed by atoms with Gasteiger partial charge in [0.25, 0.3) is 0 Å². The molecular formula is C60H87N3O9. The van der Waals surface area contributed by atoms with Gasteiger partial charge in [-0.05, 0) is 82.6 Å². The largest absolute Gasteiger partial charge is 0.507 e. The molecule has 3 unspecified atom stereocenters. The third kappa shape index (κ3) is 13.0. The first-order valence-electron chi connectivity index (χ1n) is 25.7. The van der Waals surface area contributed by atoms with Crippen molar-refractivity contribution in [3.63, 3.8) is 0 Å². The van der Waals surface area contributed by atoms with Gasteiger partial charge in [0.2, 0.25) is 0 Å². The van der Waals surface area contributed by atoms with E-state index in [-0.39, 0.29) is 73.5 Å². The fourth-order valence-corrected chi connectivity index (χ4v) is 9.28. The van der Waals surface area contributed by atoms with E-state index in [2.05, 4.69) is 0 Å². The van der Waals surface area contributed by atoms with Gasteiger partial charge in [0, 0.05) is 56.7 Å². The highest BCUT2D eigenvalue weighted by molar-refractivity contribution is 5.87. The number of nitrogens with zero attached hydrogens (tertiary/aromatic N) is 3. The number of hydrogen-bond acceptors (Lipinski definition) is 9. The van der Waals surface area contributed by atoms with E-state index in [1.54, 1.807) is 20.8 Å². The lowest BCUT2D eigenvalue weighted by atomic mass is 9.76. The lowest BCUT2D eigenvalue weighted by Crippen LogP contribution is -2.55. The van der Waals surface area contributed by atoms with Gasteiger partial charge in [0.1, 0.15) is 34.6 Å². The number of carbonyl (C=O) groups excluding carboxylic acids is 3. The minimum absolute atomic E-state index is 0.174. The van der Waals surface area contributed by atoms with Gasteiger partial charge in [-0.2, -0.15) is 0 Å². The zero-order chi connectivity index (χ0) is 55.3. The minimum atomic E-state index is -0.972. The zero-order valence-electron chi connectivity index (χ0n) is 47.6. The summed E-state index contributed by atoms with van der Waals surface area (Å²) < 4.78 is 2.55. The number of aromatic nitrogens is 3. The maximum atomic E-state index is 14.4. The molecule has 0 aliphatic heterocycles. The quantitative estimate of drug-likeness (QED) is 0.105. The van der Waals surface area contributed by atoms with Crippen molar-refractivity contribution in [1.82, 2.24) is 13.7 Å². The molecule has 72 heavy (non-hydrogen) atoms. The molecule has 0 aliphatic carbocycles. The third-order valence-electron chi connectivity index (χ3n) is 14.3. The van der Waals surface area contributed by atoms with Crippen molar-refractivity contribution in [1.29, 1.82) is 0 Å². The Labute approximate surface area is 428 Å². The van der Waals surface area contributed by atoms with E-state index >= 15 is 0 Å². The van der Waals surface area contributed by atoms with E-state index in [0.717, 1.165) is 13.7 Å². The van der Waals surface area contributed by atoms with E-state index in [9.17, 15) is 44.1 Å². The molecule has 3 N–H and O–H groups in total. The molecule has 3 aromatic carbocycles. The molecule has 4 rings (SSSR count). The summed E-state index contributed by atoms with van der Waals surface area (Å²) in [6.45, 7) is 39.8. The number of Topliss-reactive ketones (excluding diaryl/α,β-unsaturated/α-hetero) is 3. The van der Waals surface area contributed by atoms with E-state index in [4.69, 9.17) is 0 Å². The van der Waals surface area contributed by atoms with Crippen LogP contribution in [0.5, 0.6) is 17.2 Å². The summed E-state index contributed by atoms with van der Waals surface area (Å²) in [5.74, 6) is -2.38. The van der Waals surface area contributed by atoms with Gasteiger partial charge in [0.05, 0.1) is 0 Å². The molecule has 12 heteroatoms. The molecule has 0 saturated heterocycles. The van der Waals surface area contributed by atoms with Crippen molar-refractivity contribution in [3.8, 4) is 17.2 Å². The first-order valence-corrected chi connectivity index (χ1v) is 25.7. The van der Waals surface area contributed by atoms with Crippen molar-refractivity contribution < 1.29 is 29.7 Å². The molecule has 0 spiro atoms. The van der Waals surface area contributed by atoms with Crippen LogP contribution in [0.3, 0.4) is 0 Å². The van der Waals surface area contributed by atoms with E-state index < -0.39 is 67.3 Å². The van der Waals surface area contributed by atoms with Crippen LogP contribution in [0.15, 0.2) is 50.8 Å². The molecule has 0 radical (unpaired) electrons. The van der Waals surface area contributed by atoms with Crippen molar-refractivity contribution in [2.45, 2.75) is 235 Å². The number of phenols is 3. The highest BCUT2D eigenvalue weighted by Gasteiger charge is 2.33. The first kappa shape index (κ1) is 59.0. The topological polar surface area (TPSA) is 178 Å². The van der Waals surface area contributed by atoms with Gasteiger partial charge < -0.3 is 15.3 Å². The Bertz CT molecular complexity index is 2450. The Hall–Kier alpha value is -5.52. The van der Waals surface area contributed by atoms with Crippen LogP contribution < -0.4 is 17.1 Å². The SMILES string of the molecule is CC(C(=O)CCn1c(=O)n(CCC(=O)C(C)c2cc(C(C)(C)C)c(O)c(C(C)(C)C)c2)c(=O)n(CCC(=O)C(C)c2cc(C(C)(C)C)c(O)c(C(C)(C)C)c2)c1=O)c1cc(C(C)(C)C)c(O)c(C(C)(C)C)c1. The molecule has 0 bridgehead atoms. The van der Waals surface area contributed by atoms with Crippen LogP contribution >= 0.6 is 0 Å². The number of benzene rings is 3. The van der Waals surface area contributed by atoms with Crippen molar-refractivity contribution >= 4 is 17.3 Å². The minimum Gasteiger partial charge on any atom is -0.507 e. The molecule has 12 nitrogen and oxygen atoms in total. The fourth-order valence-electron chi connectivity index (χ4n) is 9.28. The number of rotatable bonds is 15. The van der Waals surface area contributed by atoms with Crippen molar-refractivity contribution in [3.05, 3.63) is 118 Å². The van der Waals surface area contributed by atoms with Crippen LogP contribution in [0, 0.1) is 0 Å². The lowest BCUT2D eigenvalue weighted by molar-refractivity contribution is -0.121. The van der Waals surface area contributed by atoms with Crippen LogP contribution in [0.2, 0.25) is 0 Å². The van der Waals surface area contributed by atoms with Crippen LogP contribution in [0.4, 0.5) is 0 Å². The molecule has 0 fully saturated rings. The van der Waals surface area contributed by atoms with E-state index in [1.807, 2.05) is 161 Å². The second-order valence-electron chi connectivity index (χ2n) is 26.5. The van der Waals surface area contributed by atoms with Crippen molar-refractivity contribution in [2.24, 2.45) is 0 Å². The standard InChI is InChI=1S/C60H87N3O9/c1-34(37-28-40(55(4,5)6)49(67)41(29-37)56(7,8)9)46(64)22-25-61-52(70)62(26-23-47(65)35(2)38-30-42(57(10,11)12)50(68)43(31-38)58(13,14)15)54(72)63(53(61)71)27-24-48(66)36(3)39-32-44(59(16,17)18)51(69)45(33-39)60(19,20)21/h28-36,67-69H,22-27H2,1-21H3. The van der Waals surface area contributed by atoms with Crippen LogP contribution in [-0.2, 0) is 66.5 Å². The predicted octanol–water partition coefficient (Wildman–Crippen LogP) is 11.4. The second-order valence-corrected chi connectivity index (χ2v) is 26.5. The fraction of sp³-hybridized carbons (Fsp3) is 0.600. The molecule has 3 atom stereocenters. The van der Waals surface area contributed by atoms with Crippen LogP contribution in [0.1, 0.15) is 232 Å². The van der Waals surface area contributed by atoms with Crippen LogP contribution in [0.25, 0.3) is 0 Å². The number of aromatic hydroxyl groups is 3. The van der Waals surface area contributed by atoms with E-state index in [0.29, 0.717) is 50.1 Å². The molecule has 0 aliphatic rings. The molecule has 1 aromatic heterocycles. The summed E-state index contributed by atoms with van der Waals surface area (Å²) in [6, 6.07) is 11.0. The van der Waals surface area contributed by atoms with Gasteiger partial charge >= 0.3 is 17.1 Å². The Morgan fingerprint density at radius 2 is 0.514 bits per heavy atom. The average Bonchev–Trinajstić information content (AvgIpc) is 3.22. The maximum Gasteiger partial charge on any atom is 0.336 e. The molecule has 4 aromatic rings. The van der Waals surface area contributed by atoms with Gasteiger partial charge in [-0.15, -0.1) is 0 Å². The number of carbonyl (C=O) groups is 3. The molecule has 0 amide bonds. The molecule has 1 heterocycles. The van der Waals surface area contributed by atoms with Crippen molar-refractivity contribution in [2.75, 3.05) is 0 Å². The summed E-state index contributed by atoms with van der Waals surface area (Å²) in [5.41, 5.74) is 0.562.